The largest absolute Gasteiger partial charge is 0.484 e. The van der Waals surface area contributed by atoms with Gasteiger partial charge in [-0.15, -0.1) is 0 Å². The lowest BCUT2D eigenvalue weighted by molar-refractivity contribution is -0.128. The van der Waals surface area contributed by atoms with Crippen LogP contribution >= 0.6 is 11.6 Å². The average Bonchev–Trinajstić information content (AvgIpc) is 3.17. The molecular weight excluding hydrogens is 427 g/mol. The Morgan fingerprint density at radius 3 is 2.65 bits per heavy atom. The van der Waals surface area contributed by atoms with Gasteiger partial charge in [0.05, 0.1) is 5.02 Å². The number of ether oxygens (including phenoxy) is 1. The molecule has 0 aliphatic heterocycles. The summed E-state index contributed by atoms with van der Waals surface area (Å²) in [5, 5.41) is 9.88. The highest BCUT2D eigenvalue weighted by Gasteiger charge is 2.54. The summed E-state index contributed by atoms with van der Waals surface area (Å²) in [6.45, 7) is 3.52. The lowest BCUT2D eigenvalue weighted by Gasteiger charge is -2.57. The number of aromatic nitrogens is 2. The topological polar surface area (TPSA) is 106 Å². The first-order chi connectivity index (χ1) is 14.7. The summed E-state index contributed by atoms with van der Waals surface area (Å²) >= 11 is 5.66. The second-order valence-electron chi connectivity index (χ2n) is 8.56. The molecule has 1 heterocycles. The van der Waals surface area contributed by atoms with Crippen molar-refractivity contribution in [2.45, 2.75) is 57.0 Å². The van der Waals surface area contributed by atoms with Gasteiger partial charge in [-0.05, 0) is 57.1 Å². The van der Waals surface area contributed by atoms with Gasteiger partial charge >= 0.3 is 11.8 Å². The number of amides is 2. The summed E-state index contributed by atoms with van der Waals surface area (Å²) in [4.78, 5) is 29.1. The maximum absolute atomic E-state index is 13.5. The zero-order chi connectivity index (χ0) is 22.2. The fraction of sp³-hybridized carbons (Fsp3) is 0.524. The van der Waals surface area contributed by atoms with Gasteiger partial charge in [0.15, 0.2) is 12.4 Å². The number of nitrogens with one attached hydrogen (secondary N) is 2. The predicted octanol–water partition coefficient (Wildman–Crippen LogP) is 3.19. The SMILES string of the molecule is Cc1noc(C(=O)NC23CCC(NC(=O)COc4ccc(Cl)c(F)c4)(CC2)C(C)C3)n1. The van der Waals surface area contributed by atoms with E-state index < -0.39 is 5.82 Å². The van der Waals surface area contributed by atoms with Gasteiger partial charge in [-0.2, -0.15) is 4.98 Å². The molecule has 166 valence electrons. The van der Waals surface area contributed by atoms with Crippen LogP contribution in [0, 0.1) is 18.7 Å². The molecule has 1 aromatic carbocycles. The molecule has 0 spiro atoms. The second-order valence-corrected chi connectivity index (χ2v) is 8.96. The quantitative estimate of drug-likeness (QED) is 0.700. The maximum atomic E-state index is 13.5. The number of rotatable bonds is 6. The Hall–Kier alpha value is -2.68. The minimum absolute atomic E-state index is 0.00118. The predicted molar refractivity (Wildman–Crippen MR) is 109 cm³/mol. The zero-order valence-corrected chi connectivity index (χ0v) is 18.1. The zero-order valence-electron chi connectivity index (χ0n) is 17.3. The maximum Gasteiger partial charge on any atom is 0.315 e. The third kappa shape index (κ3) is 4.37. The van der Waals surface area contributed by atoms with Crippen LogP contribution in [0.15, 0.2) is 22.7 Å². The van der Waals surface area contributed by atoms with Crippen LogP contribution in [-0.2, 0) is 4.79 Å². The number of hydrogen-bond acceptors (Lipinski definition) is 6. The van der Waals surface area contributed by atoms with Gasteiger partial charge < -0.3 is 19.9 Å². The molecule has 31 heavy (non-hydrogen) atoms. The number of aryl methyl sites for hydroxylation is 1. The minimum atomic E-state index is -0.597. The van der Waals surface area contributed by atoms with Crippen molar-refractivity contribution >= 4 is 23.4 Å². The van der Waals surface area contributed by atoms with Crippen LogP contribution in [0.4, 0.5) is 4.39 Å². The molecule has 0 radical (unpaired) electrons. The molecule has 3 saturated carbocycles. The molecule has 2 amide bonds. The Balaban J connectivity index is 1.34. The number of hydrogen-bond donors (Lipinski definition) is 2. The molecule has 1 unspecified atom stereocenters. The van der Waals surface area contributed by atoms with Gasteiger partial charge in [-0.3, -0.25) is 9.59 Å². The van der Waals surface area contributed by atoms with Crippen molar-refractivity contribution in [3.05, 3.63) is 40.8 Å². The van der Waals surface area contributed by atoms with E-state index in [-0.39, 0.29) is 52.1 Å². The normalized spacial score (nSPS) is 27.0. The van der Waals surface area contributed by atoms with Crippen molar-refractivity contribution in [3.63, 3.8) is 0 Å². The Bertz CT molecular complexity index is 1000. The summed E-state index contributed by atoms with van der Waals surface area (Å²) in [5.41, 5.74) is -0.693. The molecule has 8 nitrogen and oxygen atoms in total. The number of benzene rings is 1. The first kappa shape index (κ1) is 21.5. The molecule has 3 fully saturated rings. The molecule has 1 atom stereocenters. The van der Waals surface area contributed by atoms with Crippen molar-refractivity contribution in [1.29, 1.82) is 0 Å². The minimum Gasteiger partial charge on any atom is -0.484 e. The van der Waals surface area contributed by atoms with Crippen molar-refractivity contribution in [2.75, 3.05) is 6.61 Å². The molecule has 3 aliphatic carbocycles. The van der Waals surface area contributed by atoms with Gasteiger partial charge in [0.1, 0.15) is 11.6 Å². The molecule has 1 aromatic heterocycles. The summed E-state index contributed by atoms with van der Waals surface area (Å²) in [6, 6.07) is 4.05. The first-order valence-corrected chi connectivity index (χ1v) is 10.6. The summed E-state index contributed by atoms with van der Waals surface area (Å²) in [7, 11) is 0. The Kier molecular flexibility index (Phi) is 5.63. The second kappa shape index (κ2) is 8.11. The summed E-state index contributed by atoms with van der Waals surface area (Å²) in [5.74, 6) is -0.457. The van der Waals surface area contributed by atoms with Crippen LogP contribution < -0.4 is 15.4 Å². The lowest BCUT2D eigenvalue weighted by atomic mass is 9.56. The van der Waals surface area contributed by atoms with E-state index in [1.807, 2.05) is 0 Å². The summed E-state index contributed by atoms with van der Waals surface area (Å²) in [6.07, 6.45) is 3.67. The van der Waals surface area contributed by atoms with Gasteiger partial charge in [0.25, 0.3) is 5.91 Å². The monoisotopic (exact) mass is 450 g/mol. The van der Waals surface area contributed by atoms with Crippen LogP contribution in [-0.4, -0.2) is 39.6 Å². The van der Waals surface area contributed by atoms with Crippen LogP contribution in [0.1, 0.15) is 55.5 Å². The first-order valence-electron chi connectivity index (χ1n) is 10.2. The van der Waals surface area contributed by atoms with Gasteiger partial charge in [0.2, 0.25) is 0 Å². The van der Waals surface area contributed by atoms with Gasteiger partial charge in [-0.25, -0.2) is 4.39 Å². The molecule has 10 heteroatoms. The van der Waals surface area contributed by atoms with Crippen LogP contribution in [0.3, 0.4) is 0 Å². The van der Waals surface area contributed by atoms with Crippen molar-refractivity contribution in [3.8, 4) is 5.75 Å². The Morgan fingerprint density at radius 1 is 1.29 bits per heavy atom. The van der Waals surface area contributed by atoms with Crippen molar-refractivity contribution < 1.29 is 23.2 Å². The molecule has 2 bridgehead atoms. The van der Waals surface area contributed by atoms with Gasteiger partial charge in [0, 0.05) is 17.1 Å². The highest BCUT2D eigenvalue weighted by atomic mass is 35.5. The van der Waals surface area contributed by atoms with Crippen LogP contribution in [0.5, 0.6) is 5.75 Å². The molecule has 2 N–H and O–H groups in total. The average molecular weight is 451 g/mol. The van der Waals surface area contributed by atoms with E-state index >= 15 is 0 Å². The molecule has 2 aromatic rings. The van der Waals surface area contributed by atoms with E-state index in [9.17, 15) is 14.0 Å². The molecule has 5 rings (SSSR count). The van der Waals surface area contributed by atoms with E-state index in [0.717, 1.165) is 38.2 Å². The molecular formula is C21H24ClFN4O4. The number of nitrogens with zero attached hydrogens (tertiary/aromatic N) is 2. The van der Waals surface area contributed by atoms with E-state index in [2.05, 4.69) is 27.7 Å². The Morgan fingerprint density at radius 2 is 2.03 bits per heavy atom. The standard InChI is InChI=1S/C21H24ClFN4O4/c1-12-10-20(26-18(29)19-24-13(2)27-31-19)5-7-21(12,8-6-20)25-17(28)11-30-14-3-4-15(22)16(23)9-14/h3-4,9,12H,5-8,10-11H2,1-2H3,(H,25,28)(H,26,29). The van der Waals surface area contributed by atoms with Crippen molar-refractivity contribution in [1.82, 2.24) is 20.8 Å². The van der Waals surface area contributed by atoms with Crippen LogP contribution in [0.2, 0.25) is 5.02 Å². The third-order valence-corrected chi connectivity index (χ3v) is 6.80. The van der Waals surface area contributed by atoms with E-state index in [4.69, 9.17) is 20.9 Å². The van der Waals surface area contributed by atoms with Crippen LogP contribution in [0.25, 0.3) is 0 Å². The highest BCUT2D eigenvalue weighted by molar-refractivity contribution is 6.30. The van der Waals surface area contributed by atoms with E-state index in [0.29, 0.717) is 5.82 Å². The molecule has 3 aliphatic rings. The fourth-order valence-corrected chi connectivity index (χ4v) is 4.91. The number of fused-ring (bicyclic) bond motifs is 3. The number of carbonyl (C=O) groups excluding carboxylic acids is 2. The van der Waals surface area contributed by atoms with E-state index in [1.165, 1.54) is 12.1 Å². The van der Waals surface area contributed by atoms with E-state index in [1.54, 1.807) is 6.92 Å². The summed E-state index contributed by atoms with van der Waals surface area (Å²) < 4.78 is 23.9. The number of carbonyl (C=O) groups is 2. The Labute approximate surface area is 183 Å². The number of halogens is 2. The molecule has 0 saturated heterocycles. The smallest absolute Gasteiger partial charge is 0.315 e. The fourth-order valence-electron chi connectivity index (χ4n) is 4.79. The van der Waals surface area contributed by atoms with Crippen molar-refractivity contribution in [2.24, 2.45) is 5.92 Å². The van der Waals surface area contributed by atoms with Gasteiger partial charge in [-0.1, -0.05) is 23.7 Å². The lowest BCUT2D eigenvalue weighted by Crippen LogP contribution is -2.67. The third-order valence-electron chi connectivity index (χ3n) is 6.49. The highest BCUT2D eigenvalue weighted by Crippen LogP contribution is 2.50.